The number of aromatic nitrogens is 2. The first kappa shape index (κ1) is 24.5. The summed E-state index contributed by atoms with van der Waals surface area (Å²) in [6, 6.07) is 18.6. The Morgan fingerprint density at radius 3 is 2.29 bits per heavy atom. The Kier molecular flexibility index (Phi) is 7.22. The van der Waals surface area contributed by atoms with E-state index in [0.29, 0.717) is 22.5 Å². The SMILES string of the molecule is Cc1cc(C)c(Cn2c(=O)n(CCC(=O)NCc3ccccc3Cl)c(=O)c3ccccc32)c(C)c1. The first-order valence-corrected chi connectivity index (χ1v) is 11.9. The molecule has 0 aliphatic carbocycles. The summed E-state index contributed by atoms with van der Waals surface area (Å²) in [6.45, 7) is 6.71. The number of amides is 1. The summed E-state index contributed by atoms with van der Waals surface area (Å²) in [5.74, 6) is -0.263. The fourth-order valence-electron chi connectivity index (χ4n) is 4.48. The highest BCUT2D eigenvalue weighted by Gasteiger charge is 2.16. The summed E-state index contributed by atoms with van der Waals surface area (Å²) in [5.41, 5.74) is 4.97. The van der Waals surface area contributed by atoms with Crippen molar-refractivity contribution < 1.29 is 4.79 Å². The number of aryl methyl sites for hydroxylation is 3. The molecule has 0 bridgehead atoms. The van der Waals surface area contributed by atoms with Crippen molar-refractivity contribution >= 4 is 28.4 Å². The predicted octanol–water partition coefficient (Wildman–Crippen LogP) is 4.50. The van der Waals surface area contributed by atoms with Crippen LogP contribution in [0.5, 0.6) is 0 Å². The molecule has 35 heavy (non-hydrogen) atoms. The third-order valence-corrected chi connectivity index (χ3v) is 6.65. The molecule has 0 aliphatic rings. The quantitative estimate of drug-likeness (QED) is 0.415. The minimum Gasteiger partial charge on any atom is -0.352 e. The van der Waals surface area contributed by atoms with E-state index in [4.69, 9.17) is 11.6 Å². The molecule has 0 unspecified atom stereocenters. The molecular formula is C28H28ClN3O3. The van der Waals surface area contributed by atoms with Crippen LogP contribution in [0.15, 0.2) is 70.3 Å². The Morgan fingerprint density at radius 2 is 1.57 bits per heavy atom. The summed E-state index contributed by atoms with van der Waals surface area (Å²) in [6.07, 6.45) is 0.000523. The van der Waals surface area contributed by atoms with E-state index < -0.39 is 11.2 Å². The van der Waals surface area contributed by atoms with E-state index in [1.807, 2.05) is 45.0 Å². The van der Waals surface area contributed by atoms with Crippen LogP contribution in [0.25, 0.3) is 10.9 Å². The fourth-order valence-corrected chi connectivity index (χ4v) is 4.68. The zero-order chi connectivity index (χ0) is 25.1. The molecule has 4 rings (SSSR count). The smallest absolute Gasteiger partial charge is 0.331 e. The van der Waals surface area contributed by atoms with E-state index in [0.717, 1.165) is 32.4 Å². The maximum Gasteiger partial charge on any atom is 0.331 e. The number of carbonyl (C=O) groups excluding carboxylic acids is 1. The summed E-state index contributed by atoms with van der Waals surface area (Å²) in [5, 5.41) is 3.84. The zero-order valence-electron chi connectivity index (χ0n) is 20.1. The lowest BCUT2D eigenvalue weighted by molar-refractivity contribution is -0.121. The molecule has 4 aromatic rings. The van der Waals surface area contributed by atoms with Gasteiger partial charge >= 0.3 is 5.69 Å². The molecule has 0 radical (unpaired) electrons. The molecule has 0 saturated carbocycles. The van der Waals surface area contributed by atoms with Gasteiger partial charge in [-0.2, -0.15) is 0 Å². The molecule has 0 aliphatic heterocycles. The van der Waals surface area contributed by atoms with Gasteiger partial charge in [0.2, 0.25) is 5.91 Å². The maximum atomic E-state index is 13.5. The van der Waals surface area contributed by atoms with Gasteiger partial charge in [-0.3, -0.25) is 18.7 Å². The average Bonchev–Trinajstić information content (AvgIpc) is 2.82. The highest BCUT2D eigenvalue weighted by atomic mass is 35.5. The minimum atomic E-state index is -0.424. The van der Waals surface area contributed by atoms with Crippen molar-refractivity contribution in [1.82, 2.24) is 14.5 Å². The van der Waals surface area contributed by atoms with E-state index in [1.165, 1.54) is 0 Å². The molecule has 180 valence electrons. The second kappa shape index (κ2) is 10.3. The van der Waals surface area contributed by atoms with Crippen LogP contribution in [0.2, 0.25) is 5.02 Å². The summed E-state index contributed by atoms with van der Waals surface area (Å²) >= 11 is 6.15. The monoisotopic (exact) mass is 489 g/mol. The van der Waals surface area contributed by atoms with Crippen LogP contribution in [-0.4, -0.2) is 15.0 Å². The lowest BCUT2D eigenvalue weighted by Crippen LogP contribution is -2.41. The molecule has 0 saturated heterocycles. The molecule has 7 heteroatoms. The van der Waals surface area contributed by atoms with E-state index >= 15 is 0 Å². The van der Waals surface area contributed by atoms with Crippen LogP contribution in [0.4, 0.5) is 0 Å². The van der Waals surface area contributed by atoms with E-state index in [-0.39, 0.29) is 25.4 Å². The number of carbonyl (C=O) groups is 1. The average molecular weight is 490 g/mol. The number of nitrogens with zero attached hydrogens (tertiary/aromatic N) is 2. The molecule has 1 heterocycles. The van der Waals surface area contributed by atoms with Crippen molar-refractivity contribution in [2.45, 2.75) is 46.8 Å². The largest absolute Gasteiger partial charge is 0.352 e. The fraction of sp³-hybridized carbons (Fsp3) is 0.250. The van der Waals surface area contributed by atoms with Crippen molar-refractivity contribution in [3.05, 3.63) is 114 Å². The van der Waals surface area contributed by atoms with E-state index in [9.17, 15) is 14.4 Å². The number of hydrogen-bond donors (Lipinski definition) is 1. The van der Waals surface area contributed by atoms with Crippen LogP contribution >= 0.6 is 11.6 Å². The standard InChI is InChI=1S/C28H28ClN3O3/c1-18-14-19(2)23(20(3)15-18)17-32-25-11-7-5-9-22(25)27(34)31(28(32)35)13-12-26(33)30-16-21-8-4-6-10-24(21)29/h4-11,14-15H,12-13,16-17H2,1-3H3,(H,30,33). The van der Waals surface area contributed by atoms with E-state index in [1.54, 1.807) is 28.8 Å². The Bertz CT molecular complexity index is 1510. The van der Waals surface area contributed by atoms with Gasteiger partial charge in [0.05, 0.1) is 17.4 Å². The first-order valence-electron chi connectivity index (χ1n) is 11.6. The van der Waals surface area contributed by atoms with Gasteiger partial charge in [-0.05, 0) is 61.2 Å². The Morgan fingerprint density at radius 1 is 0.914 bits per heavy atom. The van der Waals surface area contributed by atoms with Gasteiger partial charge < -0.3 is 5.32 Å². The Balaban J connectivity index is 1.64. The van der Waals surface area contributed by atoms with Gasteiger partial charge in [0.1, 0.15) is 0 Å². The molecule has 0 spiro atoms. The van der Waals surface area contributed by atoms with Gasteiger partial charge in [0.15, 0.2) is 0 Å². The minimum absolute atomic E-state index is 0.000523. The molecule has 6 nitrogen and oxygen atoms in total. The molecule has 1 amide bonds. The van der Waals surface area contributed by atoms with Crippen molar-refractivity contribution in [3.8, 4) is 0 Å². The van der Waals surface area contributed by atoms with Gasteiger partial charge in [-0.15, -0.1) is 0 Å². The Hall–Kier alpha value is -3.64. The molecule has 1 aromatic heterocycles. The molecule has 3 aromatic carbocycles. The number of hydrogen-bond acceptors (Lipinski definition) is 3. The van der Waals surface area contributed by atoms with Gasteiger partial charge in [-0.25, -0.2) is 4.79 Å². The van der Waals surface area contributed by atoms with Crippen molar-refractivity contribution in [2.24, 2.45) is 0 Å². The number of halogens is 1. The second-order valence-corrected chi connectivity index (χ2v) is 9.25. The number of benzene rings is 3. The zero-order valence-corrected chi connectivity index (χ0v) is 20.9. The summed E-state index contributed by atoms with van der Waals surface area (Å²) in [7, 11) is 0. The third kappa shape index (κ3) is 5.23. The van der Waals surface area contributed by atoms with Crippen LogP contribution in [0.1, 0.15) is 34.2 Å². The third-order valence-electron chi connectivity index (χ3n) is 6.29. The first-order chi connectivity index (χ1) is 16.8. The highest BCUT2D eigenvalue weighted by Crippen LogP contribution is 2.19. The predicted molar refractivity (Wildman–Crippen MR) is 140 cm³/mol. The van der Waals surface area contributed by atoms with Crippen molar-refractivity contribution in [2.75, 3.05) is 0 Å². The normalized spacial score (nSPS) is 11.1. The number of nitrogens with one attached hydrogen (secondary N) is 1. The summed E-state index contributed by atoms with van der Waals surface area (Å²) < 4.78 is 2.79. The number of para-hydroxylation sites is 1. The van der Waals surface area contributed by atoms with Gasteiger partial charge in [0, 0.05) is 24.5 Å². The molecule has 0 fully saturated rings. The number of fused-ring (bicyclic) bond motifs is 1. The van der Waals surface area contributed by atoms with Crippen LogP contribution in [0, 0.1) is 20.8 Å². The second-order valence-electron chi connectivity index (χ2n) is 8.84. The Labute approximate surface area is 208 Å². The van der Waals surface area contributed by atoms with Crippen LogP contribution < -0.4 is 16.6 Å². The van der Waals surface area contributed by atoms with Gasteiger partial charge in [0.25, 0.3) is 5.56 Å². The van der Waals surface area contributed by atoms with Crippen LogP contribution in [0.3, 0.4) is 0 Å². The lowest BCUT2D eigenvalue weighted by atomic mass is 9.99. The summed E-state index contributed by atoms with van der Waals surface area (Å²) in [4.78, 5) is 39.2. The highest BCUT2D eigenvalue weighted by molar-refractivity contribution is 6.31. The van der Waals surface area contributed by atoms with Gasteiger partial charge in [-0.1, -0.05) is 59.6 Å². The van der Waals surface area contributed by atoms with Crippen molar-refractivity contribution in [1.29, 1.82) is 0 Å². The van der Waals surface area contributed by atoms with E-state index in [2.05, 4.69) is 17.4 Å². The molecular weight excluding hydrogens is 462 g/mol. The topological polar surface area (TPSA) is 73.1 Å². The maximum absolute atomic E-state index is 13.5. The van der Waals surface area contributed by atoms with Crippen LogP contribution in [-0.2, 0) is 24.4 Å². The molecule has 0 atom stereocenters. The lowest BCUT2D eigenvalue weighted by Gasteiger charge is -2.17. The van der Waals surface area contributed by atoms with Crippen molar-refractivity contribution in [3.63, 3.8) is 0 Å². The molecule has 1 N–H and O–H groups in total. The number of rotatable bonds is 7.